The average molecular weight is 331 g/mol. The van der Waals surface area contributed by atoms with E-state index in [4.69, 9.17) is 5.11 Å². The summed E-state index contributed by atoms with van der Waals surface area (Å²) in [6.07, 6.45) is 1.45. The van der Waals surface area contributed by atoms with Crippen LogP contribution in [-0.4, -0.2) is 19.5 Å². The molecule has 0 aromatic heterocycles. The van der Waals surface area contributed by atoms with E-state index in [0.717, 1.165) is 22.1 Å². The first-order chi connectivity index (χ1) is 10.8. The third-order valence-electron chi connectivity index (χ3n) is 3.17. The van der Waals surface area contributed by atoms with Gasteiger partial charge in [0.2, 0.25) is 0 Å². The van der Waals surface area contributed by atoms with Gasteiger partial charge in [-0.15, -0.1) is 0 Å². The Bertz CT molecular complexity index is 853. The Kier molecular flexibility index (Phi) is 4.86. The average Bonchev–Trinajstić information content (AvgIpc) is 2.48. The van der Waals surface area contributed by atoms with Crippen LogP contribution in [0.15, 0.2) is 47.9 Å². The van der Waals surface area contributed by atoms with Crippen LogP contribution in [0, 0.1) is 13.8 Å². The highest BCUT2D eigenvalue weighted by Crippen LogP contribution is 2.19. The monoisotopic (exact) mass is 331 g/mol. The molecule has 0 fully saturated rings. The largest absolute Gasteiger partial charge is 0.478 e. The molecule has 5 nitrogen and oxygen atoms in total. The summed E-state index contributed by atoms with van der Waals surface area (Å²) >= 11 is 0. The van der Waals surface area contributed by atoms with Gasteiger partial charge in [-0.05, 0) is 37.6 Å². The number of carboxylic acids is 1. The summed E-state index contributed by atoms with van der Waals surface area (Å²) in [4.78, 5) is 11.2. The van der Waals surface area contributed by atoms with Crippen LogP contribution in [-0.2, 0) is 10.0 Å². The normalized spacial score (nSPS) is 11.6. The van der Waals surface area contributed by atoms with Crippen molar-refractivity contribution in [1.29, 1.82) is 0 Å². The van der Waals surface area contributed by atoms with Gasteiger partial charge >= 0.3 is 5.97 Å². The van der Waals surface area contributed by atoms with Crippen molar-refractivity contribution >= 4 is 27.8 Å². The van der Waals surface area contributed by atoms with Crippen LogP contribution in [0.4, 0.5) is 5.69 Å². The van der Waals surface area contributed by atoms with E-state index in [1.54, 1.807) is 25.1 Å². The minimum atomic E-state index is -3.81. The van der Waals surface area contributed by atoms with E-state index in [-0.39, 0.29) is 11.3 Å². The van der Waals surface area contributed by atoms with Crippen molar-refractivity contribution < 1.29 is 18.3 Å². The molecule has 0 saturated heterocycles. The second-order valence-corrected chi connectivity index (χ2v) is 6.78. The van der Waals surface area contributed by atoms with Crippen LogP contribution < -0.4 is 4.72 Å². The molecule has 0 amide bonds. The summed E-state index contributed by atoms with van der Waals surface area (Å²) in [6, 6.07) is 11.9. The van der Waals surface area contributed by atoms with Gasteiger partial charge in [0, 0.05) is 0 Å². The fraction of sp³-hybridized carbons (Fsp3) is 0.118. The van der Waals surface area contributed by atoms with Crippen LogP contribution in [0.2, 0.25) is 0 Å². The van der Waals surface area contributed by atoms with Crippen molar-refractivity contribution in [3.63, 3.8) is 0 Å². The molecule has 120 valence electrons. The Morgan fingerprint density at radius 3 is 2.26 bits per heavy atom. The van der Waals surface area contributed by atoms with Crippen LogP contribution >= 0.6 is 0 Å². The molecule has 0 aliphatic heterocycles. The SMILES string of the molecule is Cc1ccc(/C=C/S(=O)(=O)Nc2ccc(C)cc2C(=O)O)cc1. The molecule has 0 spiro atoms. The number of aromatic carboxylic acids is 1. The Morgan fingerprint density at radius 2 is 1.65 bits per heavy atom. The van der Waals surface area contributed by atoms with E-state index in [2.05, 4.69) is 4.72 Å². The molecule has 2 rings (SSSR count). The first kappa shape index (κ1) is 16.8. The number of anilines is 1. The predicted molar refractivity (Wildman–Crippen MR) is 90.9 cm³/mol. The van der Waals surface area contributed by atoms with E-state index in [1.807, 2.05) is 19.1 Å². The number of rotatable bonds is 5. The molecule has 0 bridgehead atoms. The zero-order chi connectivity index (χ0) is 17.0. The lowest BCUT2D eigenvalue weighted by Crippen LogP contribution is -2.12. The van der Waals surface area contributed by atoms with Gasteiger partial charge in [0.25, 0.3) is 10.0 Å². The second-order valence-electron chi connectivity index (χ2n) is 5.21. The summed E-state index contributed by atoms with van der Waals surface area (Å²) in [5.74, 6) is -1.19. The van der Waals surface area contributed by atoms with Crippen molar-refractivity contribution in [2.45, 2.75) is 13.8 Å². The van der Waals surface area contributed by atoms with Crippen LogP contribution in [0.1, 0.15) is 27.0 Å². The van der Waals surface area contributed by atoms with E-state index in [0.29, 0.717) is 0 Å². The molecule has 0 aliphatic rings. The fourth-order valence-electron chi connectivity index (χ4n) is 1.96. The minimum Gasteiger partial charge on any atom is -0.478 e. The van der Waals surface area contributed by atoms with Gasteiger partial charge in [-0.25, -0.2) is 13.2 Å². The third-order valence-corrected chi connectivity index (χ3v) is 4.17. The summed E-state index contributed by atoms with van der Waals surface area (Å²) in [7, 11) is -3.81. The molecular weight excluding hydrogens is 314 g/mol. The molecule has 0 atom stereocenters. The Morgan fingerprint density at radius 1 is 1.04 bits per heavy atom. The van der Waals surface area contributed by atoms with Crippen molar-refractivity contribution in [3.05, 3.63) is 70.1 Å². The number of benzene rings is 2. The summed E-state index contributed by atoms with van der Waals surface area (Å²) < 4.78 is 26.5. The number of sulfonamides is 1. The highest BCUT2D eigenvalue weighted by Gasteiger charge is 2.14. The second kappa shape index (κ2) is 6.66. The standard InChI is InChI=1S/C17H17NO4S/c1-12-3-6-14(7-4-12)9-10-23(21,22)18-16-8-5-13(2)11-15(16)17(19)20/h3-11,18H,1-2H3,(H,19,20)/b10-9+. The summed E-state index contributed by atoms with van der Waals surface area (Å²) in [5.41, 5.74) is 2.51. The maximum atomic E-state index is 12.1. The van der Waals surface area contributed by atoms with Crippen molar-refractivity contribution in [1.82, 2.24) is 0 Å². The molecule has 0 aliphatic carbocycles. The topological polar surface area (TPSA) is 83.5 Å². The van der Waals surface area contributed by atoms with Crippen LogP contribution in [0.25, 0.3) is 6.08 Å². The molecule has 0 heterocycles. The highest BCUT2D eigenvalue weighted by atomic mass is 32.2. The van der Waals surface area contributed by atoms with Gasteiger partial charge in [-0.1, -0.05) is 41.5 Å². The number of hydrogen-bond donors (Lipinski definition) is 2. The predicted octanol–water partition coefficient (Wildman–Crippen LogP) is 3.41. The maximum Gasteiger partial charge on any atom is 0.337 e. The Labute approximate surface area is 135 Å². The van der Waals surface area contributed by atoms with E-state index < -0.39 is 16.0 Å². The summed E-state index contributed by atoms with van der Waals surface area (Å²) in [5, 5.41) is 10.2. The van der Waals surface area contributed by atoms with Gasteiger partial charge in [0.1, 0.15) is 0 Å². The van der Waals surface area contributed by atoms with Crippen molar-refractivity contribution in [2.75, 3.05) is 4.72 Å². The van der Waals surface area contributed by atoms with E-state index >= 15 is 0 Å². The first-order valence-electron chi connectivity index (χ1n) is 6.88. The maximum absolute atomic E-state index is 12.1. The highest BCUT2D eigenvalue weighted by molar-refractivity contribution is 7.95. The third kappa shape index (κ3) is 4.69. The smallest absolute Gasteiger partial charge is 0.337 e. The molecule has 23 heavy (non-hydrogen) atoms. The lowest BCUT2D eigenvalue weighted by Gasteiger charge is -2.09. The zero-order valence-electron chi connectivity index (χ0n) is 12.8. The molecule has 2 aromatic carbocycles. The zero-order valence-corrected chi connectivity index (χ0v) is 13.6. The molecular formula is C17H17NO4S. The van der Waals surface area contributed by atoms with Gasteiger partial charge in [0.05, 0.1) is 16.7 Å². The fourth-order valence-corrected chi connectivity index (χ4v) is 2.85. The van der Waals surface area contributed by atoms with Gasteiger partial charge in [0.15, 0.2) is 0 Å². The van der Waals surface area contributed by atoms with E-state index in [9.17, 15) is 13.2 Å². The first-order valence-corrected chi connectivity index (χ1v) is 8.43. The molecule has 2 aromatic rings. The Balaban J connectivity index is 2.25. The van der Waals surface area contributed by atoms with Gasteiger partial charge in [-0.2, -0.15) is 0 Å². The molecule has 6 heteroatoms. The van der Waals surface area contributed by atoms with Crippen LogP contribution in [0.3, 0.4) is 0 Å². The summed E-state index contributed by atoms with van der Waals surface area (Å²) in [6.45, 7) is 3.68. The number of hydrogen-bond acceptors (Lipinski definition) is 3. The quantitative estimate of drug-likeness (QED) is 0.879. The van der Waals surface area contributed by atoms with Gasteiger partial charge < -0.3 is 5.11 Å². The lowest BCUT2D eigenvalue weighted by molar-refractivity contribution is 0.0698. The van der Waals surface area contributed by atoms with Gasteiger partial charge in [-0.3, -0.25) is 4.72 Å². The number of nitrogens with one attached hydrogen (secondary N) is 1. The number of aryl methyl sites for hydroxylation is 2. The number of carboxylic acid groups (broad SMARTS) is 1. The lowest BCUT2D eigenvalue weighted by atomic mass is 10.1. The minimum absolute atomic E-state index is 0.0386. The van der Waals surface area contributed by atoms with Crippen LogP contribution in [0.5, 0.6) is 0 Å². The number of carbonyl (C=O) groups is 1. The molecule has 2 N–H and O–H groups in total. The Hall–Kier alpha value is -2.60. The van der Waals surface area contributed by atoms with E-state index in [1.165, 1.54) is 18.2 Å². The van der Waals surface area contributed by atoms with Crippen molar-refractivity contribution in [2.24, 2.45) is 0 Å². The molecule has 0 radical (unpaired) electrons. The molecule has 0 saturated carbocycles. The van der Waals surface area contributed by atoms with Crippen molar-refractivity contribution in [3.8, 4) is 0 Å². The molecule has 0 unspecified atom stereocenters.